The lowest BCUT2D eigenvalue weighted by atomic mass is 10.1. The van der Waals surface area contributed by atoms with E-state index < -0.39 is 6.10 Å². The van der Waals surface area contributed by atoms with E-state index in [1.807, 2.05) is 42.5 Å². The molecule has 0 amide bonds. The third-order valence-electron chi connectivity index (χ3n) is 10.1. The van der Waals surface area contributed by atoms with Crippen molar-refractivity contribution >= 4 is 17.9 Å². The van der Waals surface area contributed by atoms with Crippen molar-refractivity contribution in [1.29, 1.82) is 0 Å². The van der Waals surface area contributed by atoms with E-state index in [-0.39, 0.29) is 31.1 Å². The molecule has 0 aromatic heterocycles. The van der Waals surface area contributed by atoms with Gasteiger partial charge in [0.2, 0.25) is 0 Å². The van der Waals surface area contributed by atoms with E-state index in [1.54, 1.807) is 0 Å². The molecule has 0 spiro atoms. The molecular weight excluding hydrogens is 793 g/mol. The van der Waals surface area contributed by atoms with Crippen LogP contribution in [0.15, 0.2) is 134 Å². The lowest BCUT2D eigenvalue weighted by molar-refractivity contribution is -0.167. The maximum atomic E-state index is 12.8. The molecule has 0 aromatic carbocycles. The average molecular weight is 883 g/mol. The minimum absolute atomic E-state index is 0.108. The van der Waals surface area contributed by atoms with Crippen molar-refractivity contribution < 1.29 is 28.6 Å². The van der Waals surface area contributed by atoms with Crippen LogP contribution in [0.3, 0.4) is 0 Å². The molecule has 6 heteroatoms. The molecule has 0 bridgehead atoms. The molecule has 0 rings (SSSR count). The molecule has 0 aliphatic carbocycles. The maximum absolute atomic E-state index is 12.8. The molecule has 1 atom stereocenters. The highest BCUT2D eigenvalue weighted by molar-refractivity contribution is 5.71. The van der Waals surface area contributed by atoms with Crippen molar-refractivity contribution in [3.63, 3.8) is 0 Å². The largest absolute Gasteiger partial charge is 0.462 e. The molecule has 0 fully saturated rings. The minimum Gasteiger partial charge on any atom is -0.462 e. The Kier molecular flexibility index (Phi) is 47.6. The van der Waals surface area contributed by atoms with Gasteiger partial charge in [0.25, 0.3) is 0 Å². The normalized spacial score (nSPS) is 13.2. The lowest BCUT2D eigenvalue weighted by Crippen LogP contribution is -2.30. The van der Waals surface area contributed by atoms with Gasteiger partial charge in [-0.25, -0.2) is 0 Å². The maximum Gasteiger partial charge on any atom is 0.306 e. The van der Waals surface area contributed by atoms with Gasteiger partial charge in [0, 0.05) is 19.3 Å². The van der Waals surface area contributed by atoms with Crippen molar-refractivity contribution in [2.45, 2.75) is 200 Å². The first kappa shape index (κ1) is 59.5. The molecule has 64 heavy (non-hydrogen) atoms. The molecule has 358 valence electrons. The Labute approximate surface area is 392 Å². The summed E-state index contributed by atoms with van der Waals surface area (Å²) in [6.07, 6.45) is 71.4. The van der Waals surface area contributed by atoms with Gasteiger partial charge in [0.05, 0.1) is 0 Å². The first-order valence-electron chi connectivity index (χ1n) is 25.3. The van der Waals surface area contributed by atoms with E-state index in [1.165, 1.54) is 25.7 Å². The number of rotatable bonds is 43. The third kappa shape index (κ3) is 48.6. The van der Waals surface area contributed by atoms with Crippen LogP contribution >= 0.6 is 0 Å². The molecule has 0 aromatic rings. The number of hydrogen-bond donors (Lipinski definition) is 0. The van der Waals surface area contributed by atoms with Gasteiger partial charge in [0.1, 0.15) is 13.2 Å². The Bertz CT molecular complexity index is 1430. The van der Waals surface area contributed by atoms with Crippen LogP contribution in [0.4, 0.5) is 0 Å². The van der Waals surface area contributed by atoms with Crippen molar-refractivity contribution in [2.75, 3.05) is 13.2 Å². The zero-order valence-corrected chi connectivity index (χ0v) is 40.7. The predicted molar refractivity (Wildman–Crippen MR) is 274 cm³/mol. The molecule has 1 unspecified atom stereocenters. The molecule has 0 N–H and O–H groups in total. The van der Waals surface area contributed by atoms with Crippen LogP contribution in [0, 0.1) is 0 Å². The van der Waals surface area contributed by atoms with E-state index in [0.29, 0.717) is 19.3 Å². The fraction of sp³-hybridized carbons (Fsp3) is 0.569. The number of carbonyl (C=O) groups excluding carboxylic acids is 3. The van der Waals surface area contributed by atoms with Crippen LogP contribution in [0.5, 0.6) is 0 Å². The molecule has 0 saturated heterocycles. The fourth-order valence-corrected chi connectivity index (χ4v) is 6.35. The van der Waals surface area contributed by atoms with Gasteiger partial charge in [-0.2, -0.15) is 0 Å². The highest BCUT2D eigenvalue weighted by atomic mass is 16.6. The molecule has 6 nitrogen and oxygen atoms in total. The number of ether oxygens (including phenoxy) is 3. The van der Waals surface area contributed by atoms with Gasteiger partial charge in [-0.15, -0.1) is 0 Å². The monoisotopic (exact) mass is 883 g/mol. The molecule has 0 aliphatic rings. The third-order valence-corrected chi connectivity index (χ3v) is 10.1. The summed E-state index contributed by atoms with van der Waals surface area (Å²) in [6, 6.07) is 0. The zero-order chi connectivity index (χ0) is 46.5. The van der Waals surface area contributed by atoms with Crippen molar-refractivity contribution in [1.82, 2.24) is 0 Å². The van der Waals surface area contributed by atoms with E-state index >= 15 is 0 Å². The molecule has 0 radical (unpaired) electrons. The van der Waals surface area contributed by atoms with Crippen LogP contribution in [0.2, 0.25) is 0 Å². The van der Waals surface area contributed by atoms with Gasteiger partial charge < -0.3 is 14.2 Å². The van der Waals surface area contributed by atoms with E-state index in [0.717, 1.165) is 128 Å². The first-order valence-corrected chi connectivity index (χ1v) is 25.3. The number of allylic oxidation sites excluding steroid dienone is 22. The second kappa shape index (κ2) is 51.2. The number of unbranched alkanes of at least 4 members (excludes halogenated alkanes) is 18. The topological polar surface area (TPSA) is 78.9 Å². The fourth-order valence-electron chi connectivity index (χ4n) is 6.35. The summed E-state index contributed by atoms with van der Waals surface area (Å²) in [5.41, 5.74) is 0. The average Bonchev–Trinajstić information content (AvgIpc) is 3.29. The number of esters is 3. The number of carbonyl (C=O) groups is 3. The standard InChI is InChI=1S/C58H90O6/c1-4-7-10-13-16-19-22-25-27-28-29-31-33-36-39-42-45-48-51-57(60)63-54-55(53-62-56(59)50-47-44-41-38-35-32-24-21-18-15-12-9-6-3)64-58(61)52-49-46-43-40-37-34-30-26-23-20-17-14-11-8-5-2/h8-25,27-29,31,55H,4-7,26,30,32-54H2,1-3H3/b11-8-,12-9-,13-10-,17-14-,18-15-,19-16-,23-20-,24-21-,25-22-,28-27-,31-29-. The smallest absolute Gasteiger partial charge is 0.306 e. The van der Waals surface area contributed by atoms with Crippen LogP contribution < -0.4 is 0 Å². The summed E-state index contributed by atoms with van der Waals surface area (Å²) in [4.78, 5) is 38.0. The second-order valence-corrected chi connectivity index (χ2v) is 16.2. The molecule has 0 heterocycles. The molecule has 0 saturated carbocycles. The second-order valence-electron chi connectivity index (χ2n) is 16.2. The Morgan fingerprint density at radius 3 is 0.953 bits per heavy atom. The SMILES string of the molecule is CC\C=C/C=C\C=C/CCCCCCCCCC(=O)OC(COC(=O)CCCCCCC\C=C/C=C\C=C/C=C\C=C/CCC)COC(=O)CCCCCCC\C=C/C=C\C=C/CC. The van der Waals surface area contributed by atoms with Crippen LogP contribution in [-0.4, -0.2) is 37.2 Å². The highest BCUT2D eigenvalue weighted by Gasteiger charge is 2.19. The molecule has 0 aliphatic heterocycles. The van der Waals surface area contributed by atoms with E-state index in [4.69, 9.17) is 14.2 Å². The Morgan fingerprint density at radius 1 is 0.328 bits per heavy atom. The summed E-state index contributed by atoms with van der Waals surface area (Å²) < 4.78 is 16.7. The van der Waals surface area contributed by atoms with Crippen molar-refractivity contribution in [2.24, 2.45) is 0 Å². The Hall–Kier alpha value is -4.45. The van der Waals surface area contributed by atoms with Crippen LogP contribution in [0.1, 0.15) is 194 Å². The van der Waals surface area contributed by atoms with Crippen LogP contribution in [0.25, 0.3) is 0 Å². The van der Waals surface area contributed by atoms with Crippen LogP contribution in [-0.2, 0) is 28.6 Å². The summed E-state index contributed by atoms with van der Waals surface area (Å²) >= 11 is 0. The summed E-state index contributed by atoms with van der Waals surface area (Å²) in [5.74, 6) is -0.974. The predicted octanol–water partition coefficient (Wildman–Crippen LogP) is 16.7. The summed E-state index contributed by atoms with van der Waals surface area (Å²) in [5, 5.41) is 0. The van der Waals surface area contributed by atoms with Gasteiger partial charge in [-0.1, -0.05) is 231 Å². The number of hydrogen-bond acceptors (Lipinski definition) is 6. The summed E-state index contributed by atoms with van der Waals surface area (Å²) in [7, 11) is 0. The van der Waals surface area contributed by atoms with Gasteiger partial charge in [-0.05, 0) is 77.0 Å². The zero-order valence-electron chi connectivity index (χ0n) is 40.7. The van der Waals surface area contributed by atoms with Crippen molar-refractivity contribution in [3.05, 3.63) is 134 Å². The Morgan fingerprint density at radius 2 is 0.609 bits per heavy atom. The van der Waals surface area contributed by atoms with E-state index in [9.17, 15) is 14.4 Å². The van der Waals surface area contributed by atoms with E-state index in [2.05, 4.69) is 112 Å². The van der Waals surface area contributed by atoms with Gasteiger partial charge >= 0.3 is 17.9 Å². The molecular formula is C58H90O6. The Balaban J connectivity index is 4.52. The minimum atomic E-state index is -0.809. The summed E-state index contributed by atoms with van der Waals surface area (Å²) in [6.45, 7) is 6.21. The van der Waals surface area contributed by atoms with Crippen molar-refractivity contribution in [3.8, 4) is 0 Å². The first-order chi connectivity index (χ1) is 31.5. The quantitative estimate of drug-likeness (QED) is 0.0263. The van der Waals surface area contributed by atoms with Gasteiger partial charge in [0.15, 0.2) is 6.10 Å². The van der Waals surface area contributed by atoms with Gasteiger partial charge in [-0.3, -0.25) is 14.4 Å². The highest BCUT2D eigenvalue weighted by Crippen LogP contribution is 2.13. The lowest BCUT2D eigenvalue weighted by Gasteiger charge is -2.18.